The molecule has 6 nitrogen and oxygen atoms in total. The molecule has 0 fully saturated rings. The van der Waals surface area contributed by atoms with Crippen LogP contribution in [0.2, 0.25) is 0 Å². The number of pyridine rings is 1. The van der Waals surface area contributed by atoms with E-state index in [1.54, 1.807) is 24.3 Å². The zero-order valence-electron chi connectivity index (χ0n) is 9.81. The first-order valence-electron chi connectivity index (χ1n) is 5.67. The van der Waals surface area contributed by atoms with Crippen LogP contribution in [0.3, 0.4) is 0 Å². The number of aromatic nitrogens is 3. The van der Waals surface area contributed by atoms with Crippen molar-refractivity contribution in [3.05, 3.63) is 58.5 Å². The van der Waals surface area contributed by atoms with Crippen molar-refractivity contribution in [1.82, 2.24) is 15.2 Å². The van der Waals surface area contributed by atoms with E-state index in [0.717, 1.165) is 0 Å². The highest BCUT2D eigenvalue weighted by atomic mass is 16.2. The van der Waals surface area contributed by atoms with Crippen molar-refractivity contribution in [1.29, 1.82) is 0 Å². The number of amides is 1. The lowest BCUT2D eigenvalue weighted by Gasteiger charge is -2.05. The van der Waals surface area contributed by atoms with E-state index in [0.29, 0.717) is 22.3 Å². The number of hydrogen-bond donors (Lipinski definition) is 3. The van der Waals surface area contributed by atoms with Crippen molar-refractivity contribution in [2.45, 2.75) is 0 Å². The molecule has 0 aliphatic carbocycles. The quantitative estimate of drug-likeness (QED) is 0.647. The number of carbonyl (C=O) groups excluding carboxylic acids is 1. The highest BCUT2D eigenvalue weighted by Gasteiger charge is 2.12. The van der Waals surface area contributed by atoms with Crippen molar-refractivity contribution >= 4 is 22.6 Å². The molecule has 3 aromatic rings. The van der Waals surface area contributed by atoms with Crippen LogP contribution in [0.25, 0.3) is 10.9 Å². The molecule has 2 heterocycles. The number of nitrogens with one attached hydrogen (secondary N) is 3. The predicted octanol–water partition coefficient (Wildman–Crippen LogP) is 1.50. The summed E-state index contributed by atoms with van der Waals surface area (Å²) in [5, 5.41) is 9.72. The van der Waals surface area contributed by atoms with Gasteiger partial charge in [-0.3, -0.25) is 14.7 Å². The first kappa shape index (κ1) is 11.2. The van der Waals surface area contributed by atoms with Crippen molar-refractivity contribution < 1.29 is 4.79 Å². The number of H-pyrrole nitrogens is 2. The van der Waals surface area contributed by atoms with Gasteiger partial charge in [0.15, 0.2) is 0 Å². The lowest BCUT2D eigenvalue weighted by molar-refractivity contribution is 0.102. The van der Waals surface area contributed by atoms with Crippen LogP contribution in [0.1, 0.15) is 10.4 Å². The SMILES string of the molecule is O=C(Nc1ccn[nH]1)c1cc(=O)[nH]c2ccccc12. The number of hydrogen-bond acceptors (Lipinski definition) is 3. The first-order valence-corrected chi connectivity index (χ1v) is 5.67. The fourth-order valence-corrected chi connectivity index (χ4v) is 1.91. The lowest BCUT2D eigenvalue weighted by atomic mass is 10.1. The molecule has 0 bridgehead atoms. The molecule has 3 N–H and O–H groups in total. The summed E-state index contributed by atoms with van der Waals surface area (Å²) in [5.74, 6) is 0.126. The summed E-state index contributed by atoms with van der Waals surface area (Å²) in [6, 6.07) is 10.1. The standard InChI is InChI=1S/C13H10N4O2/c18-12-7-9(8-3-1-2-4-10(8)15-12)13(19)16-11-5-6-14-17-11/h1-7H,(H,15,18)(H2,14,16,17,19). The summed E-state index contributed by atoms with van der Waals surface area (Å²) in [5.41, 5.74) is 0.646. The number of fused-ring (bicyclic) bond motifs is 1. The van der Waals surface area contributed by atoms with Gasteiger partial charge in [-0.25, -0.2) is 0 Å². The van der Waals surface area contributed by atoms with Gasteiger partial charge in [0, 0.05) is 23.0 Å². The summed E-state index contributed by atoms with van der Waals surface area (Å²) < 4.78 is 0. The molecule has 1 aromatic carbocycles. The Labute approximate surface area is 107 Å². The zero-order chi connectivity index (χ0) is 13.2. The topological polar surface area (TPSA) is 90.6 Å². The maximum atomic E-state index is 12.2. The van der Waals surface area contributed by atoms with Gasteiger partial charge in [0.1, 0.15) is 5.82 Å². The molecule has 2 aromatic heterocycles. The Kier molecular flexibility index (Phi) is 2.60. The fourth-order valence-electron chi connectivity index (χ4n) is 1.91. The molecular weight excluding hydrogens is 244 g/mol. The summed E-state index contributed by atoms with van der Waals surface area (Å²) in [6.45, 7) is 0. The Balaban J connectivity index is 2.09. The van der Waals surface area contributed by atoms with Gasteiger partial charge in [0.2, 0.25) is 5.56 Å². The molecule has 0 spiro atoms. The van der Waals surface area contributed by atoms with Gasteiger partial charge in [-0.2, -0.15) is 5.10 Å². The molecule has 0 aliphatic heterocycles. The van der Waals surface area contributed by atoms with Gasteiger partial charge in [0.05, 0.1) is 11.8 Å². The van der Waals surface area contributed by atoms with Crippen LogP contribution in [0, 0.1) is 0 Å². The molecule has 94 valence electrons. The van der Waals surface area contributed by atoms with Crippen LogP contribution < -0.4 is 10.9 Å². The molecule has 0 aliphatic rings. The highest BCUT2D eigenvalue weighted by molar-refractivity contribution is 6.11. The van der Waals surface area contributed by atoms with E-state index < -0.39 is 0 Å². The zero-order valence-corrected chi connectivity index (χ0v) is 9.81. The van der Waals surface area contributed by atoms with Crippen molar-refractivity contribution in [3.8, 4) is 0 Å². The molecule has 0 unspecified atom stereocenters. The second kappa shape index (κ2) is 4.41. The Morgan fingerprint density at radius 1 is 1.21 bits per heavy atom. The number of benzene rings is 1. The Morgan fingerprint density at radius 3 is 2.84 bits per heavy atom. The summed E-state index contributed by atoms with van der Waals surface area (Å²) >= 11 is 0. The van der Waals surface area contributed by atoms with Crippen LogP contribution in [0.5, 0.6) is 0 Å². The largest absolute Gasteiger partial charge is 0.322 e. The second-order valence-electron chi connectivity index (χ2n) is 4.02. The number of nitrogens with zero attached hydrogens (tertiary/aromatic N) is 1. The number of aromatic amines is 2. The van der Waals surface area contributed by atoms with Crippen molar-refractivity contribution in [2.24, 2.45) is 0 Å². The minimum Gasteiger partial charge on any atom is -0.322 e. The van der Waals surface area contributed by atoms with Gasteiger partial charge < -0.3 is 10.3 Å². The second-order valence-corrected chi connectivity index (χ2v) is 4.02. The highest BCUT2D eigenvalue weighted by Crippen LogP contribution is 2.15. The Hall–Kier alpha value is -2.89. The first-order chi connectivity index (χ1) is 9.24. The van der Waals surface area contributed by atoms with Gasteiger partial charge in [-0.05, 0) is 6.07 Å². The molecule has 0 radical (unpaired) electrons. The monoisotopic (exact) mass is 254 g/mol. The van der Waals surface area contributed by atoms with Crippen LogP contribution in [-0.2, 0) is 0 Å². The summed E-state index contributed by atoms with van der Waals surface area (Å²) in [6.07, 6.45) is 1.53. The molecule has 0 atom stereocenters. The Morgan fingerprint density at radius 2 is 2.05 bits per heavy atom. The van der Waals surface area contributed by atoms with Gasteiger partial charge in [-0.15, -0.1) is 0 Å². The number of rotatable bonds is 2. The van der Waals surface area contributed by atoms with Crippen LogP contribution in [0.4, 0.5) is 5.82 Å². The molecule has 1 amide bonds. The van der Waals surface area contributed by atoms with E-state index in [1.165, 1.54) is 12.3 Å². The van der Waals surface area contributed by atoms with E-state index in [1.807, 2.05) is 6.07 Å². The van der Waals surface area contributed by atoms with Crippen LogP contribution in [-0.4, -0.2) is 21.1 Å². The third-order valence-electron chi connectivity index (χ3n) is 2.74. The van der Waals surface area contributed by atoms with Crippen molar-refractivity contribution in [3.63, 3.8) is 0 Å². The Bertz CT molecular complexity index is 790. The van der Waals surface area contributed by atoms with Gasteiger partial charge in [-0.1, -0.05) is 18.2 Å². The predicted molar refractivity (Wildman–Crippen MR) is 71.1 cm³/mol. The van der Waals surface area contributed by atoms with Crippen molar-refractivity contribution in [2.75, 3.05) is 5.32 Å². The summed E-state index contributed by atoms with van der Waals surface area (Å²) in [7, 11) is 0. The maximum absolute atomic E-state index is 12.2. The average Bonchev–Trinajstić information content (AvgIpc) is 2.90. The third-order valence-corrected chi connectivity index (χ3v) is 2.74. The minimum absolute atomic E-state index is 0.312. The number of anilines is 1. The van der Waals surface area contributed by atoms with Crippen LogP contribution in [0.15, 0.2) is 47.4 Å². The van der Waals surface area contributed by atoms with E-state index in [4.69, 9.17) is 0 Å². The van der Waals surface area contributed by atoms with E-state index in [2.05, 4.69) is 20.5 Å². The van der Waals surface area contributed by atoms with E-state index >= 15 is 0 Å². The van der Waals surface area contributed by atoms with Crippen LogP contribution >= 0.6 is 0 Å². The molecular formula is C13H10N4O2. The lowest BCUT2D eigenvalue weighted by Crippen LogP contribution is -2.17. The molecule has 0 saturated heterocycles. The van der Waals surface area contributed by atoms with Gasteiger partial charge in [0.25, 0.3) is 5.91 Å². The third kappa shape index (κ3) is 2.11. The number of carbonyl (C=O) groups is 1. The average molecular weight is 254 g/mol. The molecule has 6 heteroatoms. The van der Waals surface area contributed by atoms with E-state index in [-0.39, 0.29) is 11.5 Å². The van der Waals surface area contributed by atoms with E-state index in [9.17, 15) is 9.59 Å². The smallest absolute Gasteiger partial charge is 0.257 e. The minimum atomic E-state index is -0.355. The number of para-hydroxylation sites is 1. The molecule has 0 saturated carbocycles. The maximum Gasteiger partial charge on any atom is 0.257 e. The van der Waals surface area contributed by atoms with Gasteiger partial charge >= 0.3 is 0 Å². The molecule has 3 rings (SSSR count). The fraction of sp³-hybridized carbons (Fsp3) is 0. The molecule has 19 heavy (non-hydrogen) atoms. The normalized spacial score (nSPS) is 10.5. The summed E-state index contributed by atoms with van der Waals surface area (Å²) in [4.78, 5) is 26.4.